The number of amides is 2. The number of hydrogen-bond acceptors (Lipinski definition) is 4. The Kier molecular flexibility index (Phi) is 9.48. The zero-order valence-electron chi connectivity index (χ0n) is 19.7. The van der Waals surface area contributed by atoms with Crippen LogP contribution in [0.1, 0.15) is 38.3 Å². The second-order valence-electron chi connectivity index (χ2n) is 8.25. The molecule has 0 aromatic heterocycles. The van der Waals surface area contributed by atoms with Gasteiger partial charge in [0.15, 0.2) is 0 Å². The summed E-state index contributed by atoms with van der Waals surface area (Å²) in [6.45, 7) is 7.27. The first-order valence-corrected chi connectivity index (χ1v) is 13.4. The van der Waals surface area contributed by atoms with Gasteiger partial charge in [-0.05, 0) is 57.0 Å². The number of rotatable bonds is 10. The number of sulfonamides is 1. The van der Waals surface area contributed by atoms with Crippen molar-refractivity contribution in [1.29, 1.82) is 0 Å². The van der Waals surface area contributed by atoms with E-state index in [4.69, 9.17) is 0 Å². The Morgan fingerprint density at radius 2 is 1.61 bits per heavy atom. The predicted octanol–water partition coefficient (Wildman–Crippen LogP) is 3.86. The van der Waals surface area contributed by atoms with Gasteiger partial charge in [-0.3, -0.25) is 13.9 Å². The van der Waals surface area contributed by atoms with Gasteiger partial charge in [-0.25, -0.2) is 8.42 Å². The zero-order chi connectivity index (χ0) is 24.8. The Morgan fingerprint density at radius 3 is 2.12 bits per heavy atom. The van der Waals surface area contributed by atoms with Crippen molar-refractivity contribution in [3.05, 3.63) is 64.1 Å². The Morgan fingerprint density at radius 1 is 1.03 bits per heavy atom. The Hall–Kier alpha value is -2.39. The van der Waals surface area contributed by atoms with Gasteiger partial charge in [-0.1, -0.05) is 52.7 Å². The molecule has 2 amide bonds. The molecule has 1 N–H and O–H groups in total. The van der Waals surface area contributed by atoms with Crippen molar-refractivity contribution in [3.8, 4) is 0 Å². The van der Waals surface area contributed by atoms with E-state index >= 15 is 0 Å². The van der Waals surface area contributed by atoms with Gasteiger partial charge in [-0.2, -0.15) is 0 Å². The third-order valence-electron chi connectivity index (χ3n) is 5.44. The smallest absolute Gasteiger partial charge is 0.244 e. The first-order valence-electron chi connectivity index (χ1n) is 10.8. The quantitative estimate of drug-likeness (QED) is 0.498. The third kappa shape index (κ3) is 7.85. The van der Waals surface area contributed by atoms with Crippen LogP contribution in [0.25, 0.3) is 0 Å². The number of halogens is 1. The van der Waals surface area contributed by atoms with Crippen molar-refractivity contribution in [2.24, 2.45) is 0 Å². The molecule has 2 atom stereocenters. The number of nitrogens with zero attached hydrogens (tertiary/aromatic N) is 2. The van der Waals surface area contributed by atoms with Crippen molar-refractivity contribution in [3.63, 3.8) is 0 Å². The van der Waals surface area contributed by atoms with Gasteiger partial charge < -0.3 is 10.2 Å². The molecule has 7 nitrogen and oxygen atoms in total. The fraction of sp³-hybridized carbons (Fsp3) is 0.417. The number of anilines is 1. The summed E-state index contributed by atoms with van der Waals surface area (Å²) in [5.74, 6) is -0.741. The first kappa shape index (κ1) is 26.9. The minimum absolute atomic E-state index is 0.0356. The maximum Gasteiger partial charge on any atom is 0.244 e. The third-order valence-corrected chi connectivity index (χ3v) is 7.10. The highest BCUT2D eigenvalue weighted by Gasteiger charge is 2.30. The van der Waals surface area contributed by atoms with Crippen LogP contribution in [-0.4, -0.2) is 50.0 Å². The molecule has 0 aliphatic carbocycles. The van der Waals surface area contributed by atoms with Gasteiger partial charge in [0.05, 0.1) is 11.9 Å². The van der Waals surface area contributed by atoms with Crippen molar-refractivity contribution in [2.75, 3.05) is 17.1 Å². The molecule has 9 heteroatoms. The van der Waals surface area contributed by atoms with Crippen LogP contribution < -0.4 is 9.62 Å². The van der Waals surface area contributed by atoms with Crippen LogP contribution in [0.5, 0.6) is 0 Å². The second-order valence-corrected chi connectivity index (χ2v) is 11.1. The molecular formula is C24H32BrN3O4S. The Bertz CT molecular complexity index is 1060. The summed E-state index contributed by atoms with van der Waals surface area (Å²) in [5.41, 5.74) is 2.31. The van der Waals surface area contributed by atoms with E-state index < -0.39 is 28.5 Å². The SMILES string of the molecule is CC[C@H](C)NC(=O)[C@H](C)N(Cc1ccc(C)cc1)C(=O)CN(c1ccc(Br)cc1)S(C)(=O)=O. The predicted molar refractivity (Wildman–Crippen MR) is 135 cm³/mol. The van der Waals surface area contributed by atoms with Crippen LogP contribution in [0.3, 0.4) is 0 Å². The lowest BCUT2D eigenvalue weighted by Crippen LogP contribution is -2.52. The summed E-state index contributed by atoms with van der Waals surface area (Å²) >= 11 is 3.33. The van der Waals surface area contributed by atoms with E-state index in [1.54, 1.807) is 31.2 Å². The van der Waals surface area contributed by atoms with Crippen LogP contribution in [0.4, 0.5) is 5.69 Å². The highest BCUT2D eigenvalue weighted by Crippen LogP contribution is 2.21. The molecule has 2 aromatic carbocycles. The molecule has 2 aromatic rings. The van der Waals surface area contributed by atoms with Gasteiger partial charge >= 0.3 is 0 Å². The summed E-state index contributed by atoms with van der Waals surface area (Å²) in [6.07, 6.45) is 1.82. The Balaban J connectivity index is 2.36. The normalized spacial score (nSPS) is 13.2. The molecule has 0 bridgehead atoms. The van der Waals surface area contributed by atoms with Crippen molar-refractivity contribution < 1.29 is 18.0 Å². The molecule has 33 heavy (non-hydrogen) atoms. The topological polar surface area (TPSA) is 86.8 Å². The maximum absolute atomic E-state index is 13.4. The van der Waals surface area contributed by atoms with Crippen LogP contribution in [0.2, 0.25) is 0 Å². The number of carbonyl (C=O) groups excluding carboxylic acids is 2. The number of aryl methyl sites for hydroxylation is 1. The van der Waals surface area contributed by atoms with E-state index in [1.807, 2.05) is 45.0 Å². The summed E-state index contributed by atoms with van der Waals surface area (Å²) < 4.78 is 26.9. The fourth-order valence-electron chi connectivity index (χ4n) is 3.16. The number of carbonyl (C=O) groups is 2. The lowest BCUT2D eigenvalue weighted by Gasteiger charge is -2.32. The molecule has 0 aliphatic heterocycles. The van der Waals surface area contributed by atoms with Gasteiger partial charge in [0.2, 0.25) is 21.8 Å². The monoisotopic (exact) mass is 537 g/mol. The van der Waals surface area contributed by atoms with Gasteiger partial charge in [0, 0.05) is 17.1 Å². The number of hydrogen-bond donors (Lipinski definition) is 1. The number of nitrogens with one attached hydrogen (secondary N) is 1. The standard InChI is InChI=1S/C24H32BrN3O4S/c1-6-18(3)26-24(30)19(4)27(15-20-9-7-17(2)8-10-20)23(29)16-28(33(5,31)32)22-13-11-21(25)12-14-22/h7-14,18-19H,6,15-16H2,1-5H3,(H,26,30)/t18-,19-/m0/s1. The lowest BCUT2D eigenvalue weighted by atomic mass is 10.1. The molecule has 0 unspecified atom stereocenters. The first-order chi connectivity index (χ1) is 15.4. The average molecular weight is 539 g/mol. The number of benzene rings is 2. The van der Waals surface area contributed by atoms with Crippen molar-refractivity contribution in [2.45, 2.75) is 52.7 Å². The highest BCUT2D eigenvalue weighted by atomic mass is 79.9. The summed E-state index contributed by atoms with van der Waals surface area (Å²) in [7, 11) is -3.74. The van der Waals surface area contributed by atoms with E-state index in [9.17, 15) is 18.0 Å². The molecule has 180 valence electrons. The van der Waals surface area contributed by atoms with Crippen molar-refractivity contribution in [1.82, 2.24) is 10.2 Å². The van der Waals surface area contributed by atoms with E-state index in [2.05, 4.69) is 21.2 Å². The van der Waals surface area contributed by atoms with Crippen LogP contribution in [0.15, 0.2) is 53.0 Å². The molecule has 0 heterocycles. The molecular weight excluding hydrogens is 506 g/mol. The summed E-state index contributed by atoms with van der Waals surface area (Å²) in [5, 5.41) is 2.91. The van der Waals surface area contributed by atoms with Crippen molar-refractivity contribution >= 4 is 43.5 Å². The van der Waals surface area contributed by atoms with E-state index in [-0.39, 0.29) is 18.5 Å². The maximum atomic E-state index is 13.4. The second kappa shape index (κ2) is 11.7. The minimum Gasteiger partial charge on any atom is -0.352 e. The lowest BCUT2D eigenvalue weighted by molar-refractivity contribution is -0.139. The molecule has 0 radical (unpaired) electrons. The molecule has 0 spiro atoms. The average Bonchev–Trinajstić information content (AvgIpc) is 2.76. The van der Waals surface area contributed by atoms with Gasteiger partial charge in [0.1, 0.15) is 12.6 Å². The summed E-state index contributed by atoms with van der Waals surface area (Å²) in [6, 6.07) is 13.5. The molecule has 2 rings (SSSR count). The largest absolute Gasteiger partial charge is 0.352 e. The van der Waals surface area contributed by atoms with Crippen LogP contribution in [-0.2, 0) is 26.2 Å². The minimum atomic E-state index is -3.74. The molecule has 0 saturated carbocycles. The summed E-state index contributed by atoms with van der Waals surface area (Å²) in [4.78, 5) is 27.7. The van der Waals surface area contributed by atoms with Crippen LogP contribution >= 0.6 is 15.9 Å². The Labute approximate surface area is 205 Å². The zero-order valence-corrected chi connectivity index (χ0v) is 22.1. The van der Waals surface area contributed by atoms with E-state index in [0.717, 1.165) is 32.6 Å². The fourth-order valence-corrected chi connectivity index (χ4v) is 4.27. The molecule has 0 saturated heterocycles. The molecule has 0 aliphatic rings. The van der Waals surface area contributed by atoms with Gasteiger partial charge in [-0.15, -0.1) is 0 Å². The highest BCUT2D eigenvalue weighted by molar-refractivity contribution is 9.10. The molecule has 0 fully saturated rings. The van der Waals surface area contributed by atoms with Gasteiger partial charge in [0.25, 0.3) is 0 Å². The van der Waals surface area contributed by atoms with E-state index in [1.165, 1.54) is 4.90 Å². The van der Waals surface area contributed by atoms with Crippen LogP contribution in [0, 0.1) is 6.92 Å². The van der Waals surface area contributed by atoms with E-state index in [0.29, 0.717) is 5.69 Å².